The molecule has 16 heavy (non-hydrogen) atoms. The second kappa shape index (κ2) is 5.95. The summed E-state index contributed by atoms with van der Waals surface area (Å²) < 4.78 is 0.378. The molecule has 0 heterocycles. The lowest BCUT2D eigenvalue weighted by Gasteiger charge is -2.34. The minimum atomic E-state index is 0.120. The van der Waals surface area contributed by atoms with Crippen LogP contribution in [-0.2, 0) is 4.79 Å². The fourth-order valence-corrected chi connectivity index (χ4v) is 3.08. The minimum absolute atomic E-state index is 0.120. The van der Waals surface area contributed by atoms with E-state index in [9.17, 15) is 4.79 Å². The van der Waals surface area contributed by atoms with E-state index in [4.69, 9.17) is 0 Å². The Hall–Kier alpha value is -0.180. The normalized spacial score (nSPS) is 26.5. The quantitative estimate of drug-likeness (QED) is 0.821. The van der Waals surface area contributed by atoms with Crippen molar-refractivity contribution in [1.82, 2.24) is 5.32 Å². The molecule has 0 aromatic rings. The number of thioether (sulfide) groups is 1. The van der Waals surface area contributed by atoms with Gasteiger partial charge in [0.1, 0.15) is 0 Å². The molecule has 1 fully saturated rings. The first kappa shape index (κ1) is 13.9. The fourth-order valence-electron chi connectivity index (χ4n) is 2.67. The molecule has 0 spiro atoms. The average Bonchev–Trinajstić information content (AvgIpc) is 2.16. The van der Waals surface area contributed by atoms with E-state index in [0.717, 1.165) is 12.3 Å². The third-order valence-corrected chi connectivity index (χ3v) is 4.79. The number of nitrogens with one attached hydrogen (secondary N) is 1. The van der Waals surface area contributed by atoms with Crippen LogP contribution >= 0.6 is 11.8 Å². The Balaban J connectivity index is 2.41. The molecular weight excluding hydrogens is 218 g/mol. The number of amides is 1. The van der Waals surface area contributed by atoms with Gasteiger partial charge in [0.15, 0.2) is 0 Å². The van der Waals surface area contributed by atoms with Crippen LogP contribution in [-0.4, -0.2) is 23.0 Å². The predicted molar refractivity (Wildman–Crippen MR) is 71.8 cm³/mol. The molecule has 1 rings (SSSR count). The van der Waals surface area contributed by atoms with Crippen LogP contribution in [0.4, 0.5) is 0 Å². The van der Waals surface area contributed by atoms with E-state index >= 15 is 0 Å². The van der Waals surface area contributed by atoms with Gasteiger partial charge < -0.3 is 5.32 Å². The van der Waals surface area contributed by atoms with Gasteiger partial charge in [-0.25, -0.2) is 0 Å². The zero-order chi connectivity index (χ0) is 12.2. The number of rotatable bonds is 4. The Morgan fingerprint density at radius 1 is 1.44 bits per heavy atom. The van der Waals surface area contributed by atoms with Crippen molar-refractivity contribution < 1.29 is 4.79 Å². The molecule has 1 saturated carbocycles. The highest BCUT2D eigenvalue weighted by Crippen LogP contribution is 2.36. The van der Waals surface area contributed by atoms with E-state index in [0.29, 0.717) is 10.8 Å². The standard InChI is InChI=1S/C13H25NOS/c1-10(15)14-12-7-5-6-11(8-12)9-13(2,3)16-4/h11-12H,5-9H2,1-4H3,(H,14,15). The molecule has 0 aromatic carbocycles. The number of carbonyl (C=O) groups excluding carboxylic acids is 1. The monoisotopic (exact) mass is 243 g/mol. The summed E-state index contributed by atoms with van der Waals surface area (Å²) in [7, 11) is 0. The van der Waals surface area contributed by atoms with Gasteiger partial charge in [-0.1, -0.05) is 26.7 Å². The zero-order valence-corrected chi connectivity index (χ0v) is 11.8. The molecule has 0 bridgehead atoms. The molecule has 1 N–H and O–H groups in total. The smallest absolute Gasteiger partial charge is 0.217 e. The van der Waals surface area contributed by atoms with Crippen LogP contribution in [0.3, 0.4) is 0 Å². The van der Waals surface area contributed by atoms with Gasteiger partial charge in [-0.2, -0.15) is 11.8 Å². The summed E-state index contributed by atoms with van der Waals surface area (Å²) in [5.74, 6) is 0.905. The Kier molecular flexibility index (Phi) is 5.16. The van der Waals surface area contributed by atoms with E-state index in [1.54, 1.807) is 6.92 Å². The van der Waals surface area contributed by atoms with Gasteiger partial charge in [0.05, 0.1) is 0 Å². The average molecular weight is 243 g/mol. The van der Waals surface area contributed by atoms with Gasteiger partial charge in [-0.3, -0.25) is 4.79 Å². The molecule has 0 radical (unpaired) electrons. The summed E-state index contributed by atoms with van der Waals surface area (Å²) >= 11 is 1.95. The van der Waals surface area contributed by atoms with Crippen molar-refractivity contribution in [1.29, 1.82) is 0 Å². The molecule has 2 atom stereocenters. The summed E-state index contributed by atoms with van der Waals surface area (Å²) in [4.78, 5) is 11.0. The van der Waals surface area contributed by atoms with E-state index < -0.39 is 0 Å². The topological polar surface area (TPSA) is 29.1 Å². The molecule has 1 aliphatic carbocycles. The summed E-state index contributed by atoms with van der Waals surface area (Å²) in [6.45, 7) is 6.26. The maximum absolute atomic E-state index is 11.0. The van der Waals surface area contributed by atoms with Crippen LogP contribution in [0.15, 0.2) is 0 Å². The van der Waals surface area contributed by atoms with Gasteiger partial charge in [0, 0.05) is 17.7 Å². The van der Waals surface area contributed by atoms with Gasteiger partial charge in [-0.15, -0.1) is 0 Å². The fraction of sp³-hybridized carbons (Fsp3) is 0.923. The highest BCUT2D eigenvalue weighted by molar-refractivity contribution is 7.99. The Labute approximate surface area is 104 Å². The lowest BCUT2D eigenvalue weighted by Crippen LogP contribution is -2.38. The van der Waals surface area contributed by atoms with Crippen molar-refractivity contribution in [2.45, 2.75) is 63.7 Å². The lowest BCUT2D eigenvalue weighted by molar-refractivity contribution is -0.119. The summed E-state index contributed by atoms with van der Waals surface area (Å²) in [6, 6.07) is 0.425. The highest BCUT2D eigenvalue weighted by atomic mass is 32.2. The molecule has 0 aromatic heterocycles. The van der Waals surface area contributed by atoms with E-state index in [1.165, 1.54) is 25.7 Å². The van der Waals surface area contributed by atoms with Crippen molar-refractivity contribution in [2.75, 3.05) is 6.26 Å². The molecule has 2 unspecified atom stereocenters. The van der Waals surface area contributed by atoms with Crippen LogP contribution < -0.4 is 5.32 Å². The van der Waals surface area contributed by atoms with Crippen LogP contribution in [0.25, 0.3) is 0 Å². The van der Waals surface area contributed by atoms with Crippen LogP contribution in [0.2, 0.25) is 0 Å². The number of carbonyl (C=O) groups is 1. The zero-order valence-electron chi connectivity index (χ0n) is 11.0. The Bertz CT molecular complexity index is 240. The minimum Gasteiger partial charge on any atom is -0.354 e. The first-order valence-electron chi connectivity index (χ1n) is 6.25. The number of hydrogen-bond acceptors (Lipinski definition) is 2. The second-order valence-electron chi connectivity index (χ2n) is 5.60. The summed E-state index contributed by atoms with van der Waals surface area (Å²) in [6.07, 6.45) is 8.39. The molecule has 2 nitrogen and oxygen atoms in total. The molecule has 3 heteroatoms. The van der Waals surface area contributed by atoms with Crippen molar-refractivity contribution in [3.05, 3.63) is 0 Å². The predicted octanol–water partition coefficient (Wildman–Crippen LogP) is 3.21. The lowest BCUT2D eigenvalue weighted by atomic mass is 9.81. The molecular formula is C13H25NOS. The third kappa shape index (κ3) is 4.77. The Morgan fingerprint density at radius 2 is 2.12 bits per heavy atom. The van der Waals surface area contributed by atoms with Gasteiger partial charge in [-0.05, 0) is 31.4 Å². The largest absolute Gasteiger partial charge is 0.354 e. The van der Waals surface area contributed by atoms with Crippen molar-refractivity contribution in [2.24, 2.45) is 5.92 Å². The maximum atomic E-state index is 11.0. The summed E-state index contributed by atoms with van der Waals surface area (Å²) in [5, 5.41) is 3.07. The molecule has 1 amide bonds. The second-order valence-corrected chi connectivity index (χ2v) is 7.11. The molecule has 94 valence electrons. The van der Waals surface area contributed by atoms with E-state index in [-0.39, 0.29) is 5.91 Å². The van der Waals surface area contributed by atoms with Crippen LogP contribution in [0.5, 0.6) is 0 Å². The van der Waals surface area contributed by atoms with Gasteiger partial charge >= 0.3 is 0 Å². The number of hydrogen-bond donors (Lipinski definition) is 1. The van der Waals surface area contributed by atoms with Crippen molar-refractivity contribution in [3.8, 4) is 0 Å². The Morgan fingerprint density at radius 3 is 2.69 bits per heavy atom. The third-order valence-electron chi connectivity index (χ3n) is 3.52. The summed E-state index contributed by atoms with van der Waals surface area (Å²) in [5.41, 5.74) is 0. The van der Waals surface area contributed by atoms with E-state index in [1.807, 2.05) is 11.8 Å². The molecule has 0 saturated heterocycles. The maximum Gasteiger partial charge on any atom is 0.217 e. The molecule has 0 aliphatic heterocycles. The van der Waals surface area contributed by atoms with Gasteiger partial charge in [0.25, 0.3) is 0 Å². The van der Waals surface area contributed by atoms with Gasteiger partial charge in [0.2, 0.25) is 5.91 Å². The van der Waals surface area contributed by atoms with E-state index in [2.05, 4.69) is 25.4 Å². The van der Waals surface area contributed by atoms with Crippen LogP contribution in [0.1, 0.15) is 52.9 Å². The van der Waals surface area contributed by atoms with Crippen molar-refractivity contribution in [3.63, 3.8) is 0 Å². The first-order chi connectivity index (χ1) is 7.43. The highest BCUT2D eigenvalue weighted by Gasteiger charge is 2.27. The molecule has 1 aliphatic rings. The van der Waals surface area contributed by atoms with Crippen molar-refractivity contribution >= 4 is 17.7 Å². The van der Waals surface area contributed by atoms with Crippen LogP contribution in [0, 0.1) is 5.92 Å². The first-order valence-corrected chi connectivity index (χ1v) is 7.47. The SMILES string of the molecule is CSC(C)(C)CC1CCCC(NC(C)=O)C1.